The second-order valence-corrected chi connectivity index (χ2v) is 7.72. The molecule has 0 saturated carbocycles. The molecule has 3 nitrogen and oxygen atoms in total. The molecule has 1 unspecified atom stereocenters. The zero-order chi connectivity index (χ0) is 16.4. The summed E-state index contributed by atoms with van der Waals surface area (Å²) < 4.78 is 47.4. The fourth-order valence-corrected chi connectivity index (χ4v) is 3.69. The van der Waals surface area contributed by atoms with Crippen molar-refractivity contribution in [2.45, 2.75) is 17.1 Å². The van der Waals surface area contributed by atoms with Crippen molar-refractivity contribution in [2.24, 2.45) is 0 Å². The summed E-state index contributed by atoms with van der Waals surface area (Å²) in [5, 5.41) is 0. The van der Waals surface area contributed by atoms with Crippen LogP contribution < -0.4 is 0 Å². The number of hydrogen-bond acceptors (Lipinski definition) is 3. The van der Waals surface area contributed by atoms with Crippen LogP contribution in [0.25, 0.3) is 0 Å². The van der Waals surface area contributed by atoms with Gasteiger partial charge in [-0.1, -0.05) is 48.6 Å². The number of sulfone groups is 1. The standard InChI is InChI=1S/C15H13ClF2O3S/c16-15(10-22(20,21)14(17)18)8-6-12(7-9-15)13(19)11-4-2-1-3-5-11/h1-8,14H,9-10H2. The Bertz CT molecular complexity index is 726. The van der Waals surface area contributed by atoms with Crippen molar-refractivity contribution < 1.29 is 22.0 Å². The summed E-state index contributed by atoms with van der Waals surface area (Å²) in [5.74, 6) is -4.57. The Morgan fingerprint density at radius 3 is 2.41 bits per heavy atom. The third-order valence-electron chi connectivity index (χ3n) is 3.23. The van der Waals surface area contributed by atoms with Gasteiger partial charge in [0.05, 0.1) is 10.6 Å². The molecule has 118 valence electrons. The first-order chi connectivity index (χ1) is 10.2. The molecule has 0 aliphatic heterocycles. The summed E-state index contributed by atoms with van der Waals surface area (Å²) >= 11 is 6.06. The van der Waals surface area contributed by atoms with Crippen LogP contribution in [-0.4, -0.2) is 30.6 Å². The number of rotatable bonds is 5. The Labute approximate surface area is 132 Å². The molecule has 2 rings (SSSR count). The van der Waals surface area contributed by atoms with Gasteiger partial charge in [-0.2, -0.15) is 8.78 Å². The summed E-state index contributed by atoms with van der Waals surface area (Å²) in [4.78, 5) is 10.8. The van der Waals surface area contributed by atoms with Gasteiger partial charge in [-0.15, -0.1) is 11.6 Å². The number of alkyl halides is 3. The summed E-state index contributed by atoms with van der Waals surface area (Å²) in [6, 6.07) is 8.53. The van der Waals surface area contributed by atoms with Crippen LogP contribution in [0.5, 0.6) is 0 Å². The molecule has 0 fully saturated rings. The Balaban J connectivity index is 2.13. The number of Topliss-reactive ketones (excluding diaryl/α,β-unsaturated/α-hetero) is 1. The van der Waals surface area contributed by atoms with Crippen LogP contribution in [0.4, 0.5) is 8.78 Å². The van der Waals surface area contributed by atoms with Crippen LogP contribution in [0.2, 0.25) is 0 Å². The smallest absolute Gasteiger partial charge is 0.289 e. The predicted molar refractivity (Wildman–Crippen MR) is 81.0 cm³/mol. The van der Waals surface area contributed by atoms with E-state index >= 15 is 0 Å². The van der Waals surface area contributed by atoms with E-state index in [-0.39, 0.29) is 12.2 Å². The van der Waals surface area contributed by atoms with Crippen molar-refractivity contribution in [1.29, 1.82) is 0 Å². The Morgan fingerprint density at radius 1 is 1.27 bits per heavy atom. The van der Waals surface area contributed by atoms with Gasteiger partial charge in [0, 0.05) is 11.1 Å². The fraction of sp³-hybridized carbons (Fsp3) is 0.267. The predicted octanol–water partition coefficient (Wildman–Crippen LogP) is 3.37. The highest BCUT2D eigenvalue weighted by molar-refractivity contribution is 7.91. The van der Waals surface area contributed by atoms with E-state index in [1.165, 1.54) is 18.2 Å². The summed E-state index contributed by atoms with van der Waals surface area (Å²) in [6.45, 7) is 0. The average Bonchev–Trinajstić information content (AvgIpc) is 2.47. The van der Waals surface area contributed by atoms with Crippen LogP contribution in [0.15, 0.2) is 54.1 Å². The molecule has 0 amide bonds. The van der Waals surface area contributed by atoms with Crippen LogP contribution >= 0.6 is 11.6 Å². The van der Waals surface area contributed by atoms with Gasteiger partial charge in [-0.25, -0.2) is 8.42 Å². The summed E-state index contributed by atoms with van der Waals surface area (Å²) in [6.07, 6.45) is 4.14. The zero-order valence-electron chi connectivity index (χ0n) is 11.4. The quantitative estimate of drug-likeness (QED) is 0.606. The largest absolute Gasteiger partial charge is 0.336 e. The number of carbonyl (C=O) groups is 1. The van der Waals surface area contributed by atoms with Crippen molar-refractivity contribution in [3.63, 3.8) is 0 Å². The number of hydrogen-bond donors (Lipinski definition) is 0. The minimum Gasteiger partial charge on any atom is -0.289 e. The van der Waals surface area contributed by atoms with Crippen molar-refractivity contribution in [2.75, 3.05) is 5.75 Å². The molecule has 0 saturated heterocycles. The van der Waals surface area contributed by atoms with Crippen molar-refractivity contribution in [1.82, 2.24) is 0 Å². The molecule has 1 aromatic carbocycles. The number of carbonyl (C=O) groups excluding carboxylic acids is 1. The van der Waals surface area contributed by atoms with Crippen molar-refractivity contribution in [3.8, 4) is 0 Å². The molecule has 0 aromatic heterocycles. The van der Waals surface area contributed by atoms with Crippen molar-refractivity contribution in [3.05, 3.63) is 59.7 Å². The first-order valence-electron chi connectivity index (χ1n) is 6.41. The normalized spacial score (nSPS) is 21.7. The Morgan fingerprint density at radius 2 is 1.91 bits per heavy atom. The second-order valence-electron chi connectivity index (χ2n) is 4.99. The SMILES string of the molecule is O=C(C1=CCC(Cl)(CS(=O)(=O)C(F)F)C=C1)c1ccccc1. The molecule has 22 heavy (non-hydrogen) atoms. The maximum absolute atomic E-state index is 12.4. The van der Waals surface area contributed by atoms with Crippen LogP contribution in [0, 0.1) is 0 Å². The van der Waals surface area contributed by atoms with Gasteiger partial charge in [0.1, 0.15) is 0 Å². The summed E-state index contributed by atoms with van der Waals surface area (Å²) in [5.41, 5.74) is 0.845. The molecular weight excluding hydrogens is 334 g/mol. The minimum atomic E-state index is -4.58. The van der Waals surface area contributed by atoms with Gasteiger partial charge in [0.25, 0.3) is 0 Å². The lowest BCUT2D eigenvalue weighted by atomic mass is 9.93. The lowest BCUT2D eigenvalue weighted by molar-refractivity contribution is 0.103. The highest BCUT2D eigenvalue weighted by Gasteiger charge is 2.37. The van der Waals surface area contributed by atoms with Gasteiger partial charge in [0.15, 0.2) is 5.78 Å². The van der Waals surface area contributed by atoms with E-state index in [4.69, 9.17) is 11.6 Å². The second kappa shape index (κ2) is 6.30. The first-order valence-corrected chi connectivity index (χ1v) is 8.51. The lowest BCUT2D eigenvalue weighted by Gasteiger charge is -2.24. The molecule has 0 spiro atoms. The molecule has 7 heteroatoms. The maximum atomic E-state index is 12.4. The number of halogens is 3. The van der Waals surface area contributed by atoms with E-state index in [0.29, 0.717) is 11.1 Å². The monoisotopic (exact) mass is 346 g/mol. The molecule has 0 bridgehead atoms. The number of allylic oxidation sites excluding steroid dienone is 4. The lowest BCUT2D eigenvalue weighted by Crippen LogP contribution is -2.33. The van der Waals surface area contributed by atoms with Gasteiger partial charge < -0.3 is 0 Å². The molecule has 0 radical (unpaired) electrons. The summed E-state index contributed by atoms with van der Waals surface area (Å²) in [7, 11) is -4.58. The maximum Gasteiger partial charge on any atom is 0.336 e. The minimum absolute atomic E-state index is 0.00902. The fourth-order valence-electron chi connectivity index (χ4n) is 2.08. The van der Waals surface area contributed by atoms with Crippen LogP contribution in [-0.2, 0) is 9.84 Å². The van der Waals surface area contributed by atoms with Crippen LogP contribution in [0.1, 0.15) is 16.8 Å². The molecule has 1 aromatic rings. The third kappa shape index (κ3) is 3.81. The zero-order valence-corrected chi connectivity index (χ0v) is 12.9. The van der Waals surface area contributed by atoms with Crippen LogP contribution in [0.3, 0.4) is 0 Å². The molecule has 0 heterocycles. The van der Waals surface area contributed by atoms with Gasteiger partial charge in [-0.3, -0.25) is 4.79 Å². The average molecular weight is 347 g/mol. The molecular formula is C15H13ClF2O3S. The number of ketones is 1. The highest BCUT2D eigenvalue weighted by Crippen LogP contribution is 2.31. The Hall–Kier alpha value is -1.53. The van der Waals surface area contributed by atoms with Gasteiger partial charge in [0.2, 0.25) is 9.84 Å². The topological polar surface area (TPSA) is 51.2 Å². The van der Waals surface area contributed by atoms with E-state index in [0.717, 1.165) is 0 Å². The third-order valence-corrected chi connectivity index (χ3v) is 5.27. The van der Waals surface area contributed by atoms with E-state index in [2.05, 4.69) is 0 Å². The van der Waals surface area contributed by atoms with Gasteiger partial charge >= 0.3 is 5.76 Å². The van der Waals surface area contributed by atoms with E-state index < -0.39 is 26.2 Å². The van der Waals surface area contributed by atoms with Crippen molar-refractivity contribution >= 4 is 27.2 Å². The van der Waals surface area contributed by atoms with E-state index in [9.17, 15) is 22.0 Å². The number of benzene rings is 1. The molecule has 0 N–H and O–H groups in total. The van der Waals surface area contributed by atoms with E-state index in [1.807, 2.05) is 0 Å². The Kier molecular flexibility index (Phi) is 4.82. The molecule has 1 aliphatic rings. The molecule has 1 aliphatic carbocycles. The first kappa shape index (κ1) is 16.8. The highest BCUT2D eigenvalue weighted by atomic mass is 35.5. The van der Waals surface area contributed by atoms with Gasteiger partial charge in [-0.05, 0) is 6.42 Å². The molecule has 1 atom stereocenters. The van der Waals surface area contributed by atoms with E-state index in [1.54, 1.807) is 30.3 Å².